The molecule has 84 valence electrons. The number of H-pyrrole nitrogens is 1. The number of nitrogens with two attached hydrogens (primary N) is 1. The lowest BCUT2D eigenvalue weighted by Gasteiger charge is -2.04. The van der Waals surface area contributed by atoms with E-state index in [4.69, 9.17) is 10.5 Å². The summed E-state index contributed by atoms with van der Waals surface area (Å²) in [7, 11) is 0. The van der Waals surface area contributed by atoms with E-state index < -0.39 is 5.97 Å². The number of nitrogens with one attached hydrogen (secondary N) is 1. The highest BCUT2D eigenvalue weighted by molar-refractivity contribution is 5.89. The van der Waals surface area contributed by atoms with Gasteiger partial charge in [-0.2, -0.15) is 0 Å². The van der Waals surface area contributed by atoms with Crippen molar-refractivity contribution in [2.75, 3.05) is 12.3 Å². The van der Waals surface area contributed by atoms with Crippen LogP contribution in [0, 0.1) is 5.92 Å². The van der Waals surface area contributed by atoms with Crippen LogP contribution in [0.4, 0.5) is 5.95 Å². The number of hydrogen-bond acceptors (Lipinski definition) is 4. The maximum Gasteiger partial charge on any atom is 0.358 e. The molecule has 5 nitrogen and oxygen atoms in total. The second-order valence-corrected chi connectivity index (χ2v) is 3.77. The first kappa shape index (κ1) is 11.6. The van der Waals surface area contributed by atoms with Gasteiger partial charge >= 0.3 is 5.97 Å². The lowest BCUT2D eigenvalue weighted by atomic mass is 10.1. The van der Waals surface area contributed by atoms with Crippen LogP contribution in [0.15, 0.2) is 0 Å². The van der Waals surface area contributed by atoms with Crippen LogP contribution in [-0.4, -0.2) is 22.5 Å². The zero-order valence-corrected chi connectivity index (χ0v) is 9.33. The molecular formula is C10H17N3O2. The molecule has 0 aliphatic rings. The molecule has 15 heavy (non-hydrogen) atoms. The summed E-state index contributed by atoms with van der Waals surface area (Å²) in [5.41, 5.74) is 6.57. The predicted octanol–water partition coefficient (Wildman–Crippen LogP) is 1.37. The normalized spacial score (nSPS) is 10.7. The molecule has 1 aromatic rings. The number of aromatic nitrogens is 2. The lowest BCUT2D eigenvalue weighted by Crippen LogP contribution is -2.09. The first-order valence-electron chi connectivity index (χ1n) is 5.06. The van der Waals surface area contributed by atoms with Gasteiger partial charge in [0.2, 0.25) is 0 Å². The van der Waals surface area contributed by atoms with Crippen molar-refractivity contribution in [2.24, 2.45) is 5.92 Å². The molecule has 1 rings (SSSR count). The number of nitrogen functional groups attached to an aromatic ring is 1. The van der Waals surface area contributed by atoms with Gasteiger partial charge in [0.05, 0.1) is 12.3 Å². The van der Waals surface area contributed by atoms with Crippen molar-refractivity contribution >= 4 is 11.9 Å². The molecule has 0 aromatic carbocycles. The second kappa shape index (κ2) is 4.82. The average molecular weight is 211 g/mol. The molecular weight excluding hydrogens is 194 g/mol. The summed E-state index contributed by atoms with van der Waals surface area (Å²) >= 11 is 0. The fourth-order valence-corrected chi connectivity index (χ4v) is 1.35. The summed E-state index contributed by atoms with van der Waals surface area (Å²) in [6.07, 6.45) is 0.734. The second-order valence-electron chi connectivity index (χ2n) is 3.77. The third kappa shape index (κ3) is 2.97. The van der Waals surface area contributed by atoms with E-state index in [9.17, 15) is 4.79 Å². The molecule has 0 unspecified atom stereocenters. The van der Waals surface area contributed by atoms with Crippen molar-refractivity contribution in [3.05, 3.63) is 11.4 Å². The van der Waals surface area contributed by atoms with Crippen LogP contribution in [0.25, 0.3) is 0 Å². The van der Waals surface area contributed by atoms with E-state index in [2.05, 4.69) is 23.8 Å². The van der Waals surface area contributed by atoms with Gasteiger partial charge in [-0.25, -0.2) is 9.78 Å². The highest BCUT2D eigenvalue weighted by Gasteiger charge is 2.18. The van der Waals surface area contributed by atoms with Crippen LogP contribution < -0.4 is 5.73 Å². The van der Waals surface area contributed by atoms with Gasteiger partial charge in [0.25, 0.3) is 0 Å². The van der Waals surface area contributed by atoms with Crippen LogP contribution in [0.3, 0.4) is 0 Å². The molecule has 0 bridgehead atoms. The topological polar surface area (TPSA) is 81.0 Å². The highest BCUT2D eigenvalue weighted by atomic mass is 16.5. The van der Waals surface area contributed by atoms with E-state index in [1.807, 2.05) is 0 Å². The maximum absolute atomic E-state index is 11.5. The minimum Gasteiger partial charge on any atom is -0.461 e. The predicted molar refractivity (Wildman–Crippen MR) is 57.5 cm³/mol. The molecule has 0 saturated carbocycles. The molecule has 5 heteroatoms. The summed E-state index contributed by atoms with van der Waals surface area (Å²) < 4.78 is 4.89. The summed E-state index contributed by atoms with van der Waals surface area (Å²) in [5.74, 6) is 0.271. The van der Waals surface area contributed by atoms with Crippen molar-refractivity contribution in [3.63, 3.8) is 0 Å². The van der Waals surface area contributed by atoms with E-state index >= 15 is 0 Å². The van der Waals surface area contributed by atoms with Gasteiger partial charge in [0, 0.05) is 0 Å². The number of aromatic amines is 1. The van der Waals surface area contributed by atoms with E-state index in [0.29, 0.717) is 18.2 Å². The van der Waals surface area contributed by atoms with Gasteiger partial charge in [-0.05, 0) is 19.3 Å². The Morgan fingerprint density at radius 1 is 1.60 bits per heavy atom. The fraction of sp³-hybridized carbons (Fsp3) is 0.600. The van der Waals surface area contributed by atoms with E-state index in [1.165, 1.54) is 0 Å². The van der Waals surface area contributed by atoms with Gasteiger partial charge in [0.15, 0.2) is 11.6 Å². The molecule has 0 saturated heterocycles. The van der Waals surface area contributed by atoms with Gasteiger partial charge in [0.1, 0.15) is 0 Å². The lowest BCUT2D eigenvalue weighted by molar-refractivity contribution is 0.0518. The number of esters is 1. The smallest absolute Gasteiger partial charge is 0.358 e. The van der Waals surface area contributed by atoms with Gasteiger partial charge in [-0.15, -0.1) is 0 Å². The van der Waals surface area contributed by atoms with Crippen molar-refractivity contribution in [1.82, 2.24) is 9.97 Å². The molecule has 0 fully saturated rings. The Bertz CT molecular complexity index is 344. The number of ether oxygens (including phenoxy) is 1. The van der Waals surface area contributed by atoms with E-state index in [-0.39, 0.29) is 5.95 Å². The quantitative estimate of drug-likeness (QED) is 0.737. The first-order chi connectivity index (χ1) is 7.04. The number of carbonyl (C=O) groups excluding carboxylic acids is 1. The van der Waals surface area contributed by atoms with E-state index in [1.54, 1.807) is 6.92 Å². The number of imidazole rings is 1. The third-order valence-electron chi connectivity index (χ3n) is 1.88. The maximum atomic E-state index is 11.5. The molecule has 0 amide bonds. The monoisotopic (exact) mass is 211 g/mol. The van der Waals surface area contributed by atoms with Crippen LogP contribution >= 0.6 is 0 Å². The molecule has 0 aliphatic heterocycles. The van der Waals surface area contributed by atoms with Crippen molar-refractivity contribution in [1.29, 1.82) is 0 Å². The molecule has 1 aromatic heterocycles. The molecule has 0 spiro atoms. The highest BCUT2D eigenvalue weighted by Crippen LogP contribution is 2.13. The molecule has 3 N–H and O–H groups in total. The number of rotatable bonds is 4. The van der Waals surface area contributed by atoms with Gasteiger partial charge < -0.3 is 15.5 Å². The summed E-state index contributed by atoms with van der Waals surface area (Å²) in [6.45, 7) is 6.22. The van der Waals surface area contributed by atoms with E-state index in [0.717, 1.165) is 12.1 Å². The SMILES string of the molecule is CCOC(=O)c1nc(N)[nH]c1CC(C)C. The Hall–Kier alpha value is -1.52. The standard InChI is InChI=1S/C10H17N3O2/c1-4-15-9(14)8-7(5-6(2)3)12-10(11)13-8/h6H,4-5H2,1-3H3,(H3,11,12,13). The zero-order valence-electron chi connectivity index (χ0n) is 9.33. The largest absolute Gasteiger partial charge is 0.461 e. The molecule has 0 aliphatic carbocycles. The number of anilines is 1. The van der Waals surface area contributed by atoms with Crippen molar-refractivity contribution in [3.8, 4) is 0 Å². The average Bonchev–Trinajstić information content (AvgIpc) is 2.46. The van der Waals surface area contributed by atoms with Crippen molar-refractivity contribution < 1.29 is 9.53 Å². The van der Waals surface area contributed by atoms with Crippen molar-refractivity contribution in [2.45, 2.75) is 27.2 Å². The third-order valence-corrected chi connectivity index (χ3v) is 1.88. The molecule has 1 heterocycles. The van der Waals surface area contributed by atoms with Gasteiger partial charge in [-0.1, -0.05) is 13.8 Å². The summed E-state index contributed by atoms with van der Waals surface area (Å²) in [5, 5.41) is 0. The van der Waals surface area contributed by atoms with Crippen LogP contribution in [-0.2, 0) is 11.2 Å². The first-order valence-corrected chi connectivity index (χ1v) is 5.06. The Morgan fingerprint density at radius 2 is 2.27 bits per heavy atom. The number of nitrogens with zero attached hydrogens (tertiary/aromatic N) is 1. The Labute approximate surface area is 89.0 Å². The number of hydrogen-bond donors (Lipinski definition) is 2. The molecule has 0 atom stereocenters. The minimum atomic E-state index is -0.416. The van der Waals surface area contributed by atoms with Crippen LogP contribution in [0.1, 0.15) is 37.0 Å². The number of carbonyl (C=O) groups is 1. The molecule has 0 radical (unpaired) electrons. The minimum absolute atomic E-state index is 0.258. The summed E-state index contributed by atoms with van der Waals surface area (Å²) in [4.78, 5) is 18.3. The summed E-state index contributed by atoms with van der Waals surface area (Å²) in [6, 6.07) is 0. The van der Waals surface area contributed by atoms with Gasteiger partial charge in [-0.3, -0.25) is 0 Å². The fourth-order valence-electron chi connectivity index (χ4n) is 1.35. The van der Waals surface area contributed by atoms with Crippen LogP contribution in [0.2, 0.25) is 0 Å². The zero-order chi connectivity index (χ0) is 11.4. The van der Waals surface area contributed by atoms with Crippen LogP contribution in [0.5, 0.6) is 0 Å². The Balaban J connectivity index is 2.90. The Morgan fingerprint density at radius 3 is 2.80 bits per heavy atom. The Kier molecular flexibility index (Phi) is 3.71.